The van der Waals surface area contributed by atoms with E-state index in [1.165, 1.54) is 19.9 Å². The van der Waals surface area contributed by atoms with E-state index in [0.717, 1.165) is 16.8 Å². The van der Waals surface area contributed by atoms with Crippen LogP contribution in [0.1, 0.15) is 30.7 Å². The molecule has 0 radical (unpaired) electrons. The lowest BCUT2D eigenvalue weighted by atomic mass is 10.1. The highest BCUT2D eigenvalue weighted by atomic mass is 79.9. The highest BCUT2D eigenvalue weighted by molar-refractivity contribution is 9.10. The maximum Gasteiger partial charge on any atom is 0.348 e. The Kier molecular flexibility index (Phi) is 4.66. The Labute approximate surface area is 159 Å². The molecule has 2 aromatic rings. The number of ether oxygens (including phenoxy) is 2. The highest BCUT2D eigenvalue weighted by Gasteiger charge is 2.39. The average molecular weight is 420 g/mol. The number of nitrogens with one attached hydrogen (secondary N) is 1. The predicted octanol–water partition coefficient (Wildman–Crippen LogP) is 4.62. The summed E-state index contributed by atoms with van der Waals surface area (Å²) in [7, 11) is 0. The quantitative estimate of drug-likeness (QED) is 0.444. The molecule has 3 rings (SSSR count). The molecule has 136 valence electrons. The zero-order chi connectivity index (χ0) is 19.1. The summed E-state index contributed by atoms with van der Waals surface area (Å²) in [5.41, 5.74) is 2.90. The molecule has 2 heterocycles. The topological polar surface area (TPSA) is 77.8 Å². The molecule has 1 saturated heterocycles. The SMILES string of the molecule is Cc1ccc(Nc2oc(C=C3C(=O)OC(C)(C)OC3=O)cc2Br)c(C)c1. The van der Waals surface area contributed by atoms with Crippen LogP contribution in [0.5, 0.6) is 0 Å². The van der Waals surface area contributed by atoms with Crippen molar-refractivity contribution < 1.29 is 23.5 Å². The average Bonchev–Trinajstić information content (AvgIpc) is 2.85. The van der Waals surface area contributed by atoms with Gasteiger partial charge in [-0.3, -0.25) is 0 Å². The Morgan fingerprint density at radius 1 is 1.08 bits per heavy atom. The van der Waals surface area contributed by atoms with Gasteiger partial charge in [0.15, 0.2) is 0 Å². The molecule has 1 fully saturated rings. The molecule has 7 heteroatoms. The van der Waals surface area contributed by atoms with Crippen LogP contribution in [-0.2, 0) is 19.1 Å². The first-order valence-electron chi connectivity index (χ1n) is 7.96. The van der Waals surface area contributed by atoms with Crippen molar-refractivity contribution in [3.63, 3.8) is 0 Å². The highest BCUT2D eigenvalue weighted by Crippen LogP contribution is 2.33. The van der Waals surface area contributed by atoms with Gasteiger partial charge < -0.3 is 19.2 Å². The van der Waals surface area contributed by atoms with Gasteiger partial charge in [-0.25, -0.2) is 9.59 Å². The summed E-state index contributed by atoms with van der Waals surface area (Å²) >= 11 is 3.41. The number of anilines is 2. The third kappa shape index (κ3) is 3.83. The zero-order valence-electron chi connectivity index (χ0n) is 14.8. The Hall–Kier alpha value is -2.54. The van der Waals surface area contributed by atoms with Crippen molar-refractivity contribution in [3.8, 4) is 0 Å². The Morgan fingerprint density at radius 2 is 1.73 bits per heavy atom. The largest absolute Gasteiger partial charge is 0.440 e. The van der Waals surface area contributed by atoms with E-state index in [0.29, 0.717) is 16.1 Å². The van der Waals surface area contributed by atoms with Crippen LogP contribution in [0.4, 0.5) is 11.6 Å². The molecular formula is C19H18BrNO5. The van der Waals surface area contributed by atoms with Gasteiger partial charge >= 0.3 is 11.9 Å². The Morgan fingerprint density at radius 3 is 2.35 bits per heavy atom. The Balaban J connectivity index is 1.86. The van der Waals surface area contributed by atoms with Crippen molar-refractivity contribution >= 4 is 45.5 Å². The van der Waals surface area contributed by atoms with E-state index < -0.39 is 17.7 Å². The van der Waals surface area contributed by atoms with Gasteiger partial charge in [0.1, 0.15) is 11.3 Å². The lowest BCUT2D eigenvalue weighted by Gasteiger charge is -2.29. The molecule has 1 aliphatic rings. The fraction of sp³-hybridized carbons (Fsp3) is 0.263. The maximum atomic E-state index is 12.0. The summed E-state index contributed by atoms with van der Waals surface area (Å²) in [6.45, 7) is 7.00. The number of halogens is 1. The number of cyclic esters (lactones) is 2. The molecule has 0 bridgehead atoms. The summed E-state index contributed by atoms with van der Waals surface area (Å²) in [6.07, 6.45) is 1.30. The van der Waals surface area contributed by atoms with E-state index in [2.05, 4.69) is 27.3 Å². The molecule has 1 N–H and O–H groups in total. The van der Waals surface area contributed by atoms with Crippen LogP contribution < -0.4 is 5.32 Å². The van der Waals surface area contributed by atoms with Crippen molar-refractivity contribution in [2.75, 3.05) is 5.32 Å². The third-order valence-corrected chi connectivity index (χ3v) is 4.33. The Bertz CT molecular complexity index is 904. The summed E-state index contributed by atoms with van der Waals surface area (Å²) in [5, 5.41) is 3.19. The molecule has 0 aliphatic carbocycles. The molecular weight excluding hydrogens is 402 g/mol. The van der Waals surface area contributed by atoms with Gasteiger partial charge in [-0.15, -0.1) is 0 Å². The van der Waals surface area contributed by atoms with Crippen LogP contribution in [0.15, 0.2) is 38.7 Å². The molecule has 1 aromatic carbocycles. The summed E-state index contributed by atoms with van der Waals surface area (Å²) in [5.74, 6) is -2.00. The van der Waals surface area contributed by atoms with Gasteiger partial charge in [0, 0.05) is 31.7 Å². The summed E-state index contributed by atoms with van der Waals surface area (Å²) in [4.78, 5) is 24.0. The van der Waals surface area contributed by atoms with Crippen LogP contribution in [0.2, 0.25) is 0 Å². The van der Waals surface area contributed by atoms with Crippen LogP contribution in [-0.4, -0.2) is 17.7 Å². The van der Waals surface area contributed by atoms with E-state index in [1.54, 1.807) is 6.07 Å². The smallest absolute Gasteiger partial charge is 0.348 e. The number of rotatable bonds is 3. The minimum atomic E-state index is -1.27. The number of esters is 2. The minimum Gasteiger partial charge on any atom is -0.440 e. The van der Waals surface area contributed by atoms with Gasteiger partial charge in [0.25, 0.3) is 5.79 Å². The van der Waals surface area contributed by atoms with Gasteiger partial charge in [0.2, 0.25) is 5.88 Å². The van der Waals surface area contributed by atoms with Gasteiger partial charge in [-0.2, -0.15) is 0 Å². The monoisotopic (exact) mass is 419 g/mol. The number of carbonyl (C=O) groups is 2. The number of furan rings is 1. The van der Waals surface area contributed by atoms with Gasteiger partial charge in [-0.1, -0.05) is 17.7 Å². The molecule has 26 heavy (non-hydrogen) atoms. The minimum absolute atomic E-state index is 0.219. The van der Waals surface area contributed by atoms with Crippen molar-refractivity contribution in [3.05, 3.63) is 51.2 Å². The van der Waals surface area contributed by atoms with Crippen molar-refractivity contribution in [1.82, 2.24) is 0 Å². The first-order valence-corrected chi connectivity index (χ1v) is 8.76. The van der Waals surface area contributed by atoms with Gasteiger partial charge in [-0.05, 0) is 41.4 Å². The molecule has 0 atom stereocenters. The van der Waals surface area contributed by atoms with Gasteiger partial charge in [0.05, 0.1) is 4.47 Å². The zero-order valence-corrected chi connectivity index (χ0v) is 16.4. The van der Waals surface area contributed by atoms with Crippen molar-refractivity contribution in [1.29, 1.82) is 0 Å². The van der Waals surface area contributed by atoms with E-state index in [4.69, 9.17) is 13.9 Å². The van der Waals surface area contributed by atoms with Crippen LogP contribution in [0, 0.1) is 13.8 Å². The second-order valence-corrected chi connectivity index (χ2v) is 7.36. The molecule has 0 unspecified atom stereocenters. The predicted molar refractivity (Wildman–Crippen MR) is 99.8 cm³/mol. The van der Waals surface area contributed by atoms with Crippen LogP contribution in [0.25, 0.3) is 6.08 Å². The first-order chi connectivity index (χ1) is 12.1. The molecule has 1 aliphatic heterocycles. The second-order valence-electron chi connectivity index (χ2n) is 6.51. The molecule has 6 nitrogen and oxygen atoms in total. The fourth-order valence-corrected chi connectivity index (χ4v) is 2.95. The standard InChI is InChI=1S/C19H18BrNO5/c1-10-5-6-15(11(2)7-10)21-16-14(20)9-12(24-16)8-13-17(22)25-19(3,4)26-18(13)23/h5-9,21H,1-4H3. The molecule has 1 aromatic heterocycles. The third-order valence-electron chi connectivity index (χ3n) is 3.74. The number of hydrogen-bond acceptors (Lipinski definition) is 6. The number of hydrogen-bond donors (Lipinski definition) is 1. The summed E-state index contributed by atoms with van der Waals surface area (Å²) < 4.78 is 16.5. The number of aryl methyl sites for hydroxylation is 2. The summed E-state index contributed by atoms with van der Waals surface area (Å²) in [6, 6.07) is 7.65. The van der Waals surface area contributed by atoms with E-state index in [1.807, 2.05) is 26.0 Å². The van der Waals surface area contributed by atoms with Crippen molar-refractivity contribution in [2.45, 2.75) is 33.5 Å². The normalized spacial score (nSPS) is 16.1. The molecule has 0 amide bonds. The van der Waals surface area contributed by atoms with E-state index in [-0.39, 0.29) is 5.57 Å². The first kappa shape index (κ1) is 18.3. The van der Waals surface area contributed by atoms with Crippen LogP contribution in [0.3, 0.4) is 0 Å². The number of carbonyl (C=O) groups excluding carboxylic acids is 2. The lowest BCUT2D eigenvalue weighted by Crippen LogP contribution is -2.41. The molecule has 0 spiro atoms. The maximum absolute atomic E-state index is 12.0. The lowest BCUT2D eigenvalue weighted by molar-refractivity contribution is -0.222. The van der Waals surface area contributed by atoms with Crippen molar-refractivity contribution in [2.24, 2.45) is 0 Å². The van der Waals surface area contributed by atoms with E-state index in [9.17, 15) is 9.59 Å². The van der Waals surface area contributed by atoms with E-state index >= 15 is 0 Å². The second kappa shape index (κ2) is 6.64. The molecule has 0 saturated carbocycles. The van der Waals surface area contributed by atoms with Crippen LogP contribution >= 0.6 is 15.9 Å². The fourth-order valence-electron chi connectivity index (χ4n) is 2.54. The number of benzene rings is 1.